The molecule has 2 aromatic carbocycles. The van der Waals surface area contributed by atoms with E-state index in [2.05, 4.69) is 9.47 Å². The highest BCUT2D eigenvalue weighted by molar-refractivity contribution is 6.21. The number of amides is 2. The maximum atomic E-state index is 13.2. The molecule has 2 aliphatic rings. The van der Waals surface area contributed by atoms with Crippen molar-refractivity contribution in [2.45, 2.75) is 12.8 Å². The summed E-state index contributed by atoms with van der Waals surface area (Å²) in [6, 6.07) is 10.8. The van der Waals surface area contributed by atoms with Crippen molar-refractivity contribution in [2.75, 3.05) is 0 Å². The molecule has 2 amide bonds. The quantitative estimate of drug-likeness (QED) is 0.799. The molecule has 0 unspecified atom stereocenters. The van der Waals surface area contributed by atoms with Gasteiger partial charge in [-0.05, 0) is 18.2 Å². The summed E-state index contributed by atoms with van der Waals surface area (Å²) in [5, 5.41) is 0. The van der Waals surface area contributed by atoms with E-state index in [0.29, 0.717) is 11.1 Å². The first-order chi connectivity index (χ1) is 11.0. The van der Waals surface area contributed by atoms with Crippen LogP contribution >= 0.6 is 0 Å². The first-order valence-corrected chi connectivity index (χ1v) is 6.79. The number of carbonyl (C=O) groups is 2. The fraction of sp³-hybridized carbons (Fsp3) is 0.125. The highest BCUT2D eigenvalue weighted by Crippen LogP contribution is 2.43. The Balaban J connectivity index is 1.68. The normalized spacial score (nSPS) is 17.6. The SMILES string of the molecule is O=C1c2ccccc2C(=O)N1Cc1cccc2c1OC(F)(F)O2. The fourth-order valence-electron chi connectivity index (χ4n) is 2.70. The van der Waals surface area contributed by atoms with E-state index in [1.54, 1.807) is 24.3 Å². The lowest BCUT2D eigenvalue weighted by atomic mass is 10.1. The number of benzene rings is 2. The summed E-state index contributed by atoms with van der Waals surface area (Å²) < 4.78 is 35.3. The molecule has 2 aromatic rings. The summed E-state index contributed by atoms with van der Waals surface area (Å²) in [5.41, 5.74) is 0.870. The van der Waals surface area contributed by atoms with Crippen LogP contribution in [0.4, 0.5) is 8.78 Å². The van der Waals surface area contributed by atoms with E-state index in [-0.39, 0.29) is 23.6 Å². The second-order valence-electron chi connectivity index (χ2n) is 5.15. The average Bonchev–Trinajstić information content (AvgIpc) is 2.96. The Labute approximate surface area is 129 Å². The molecule has 0 saturated heterocycles. The molecule has 5 nitrogen and oxygen atoms in total. The summed E-state index contributed by atoms with van der Waals surface area (Å²) in [4.78, 5) is 25.6. The monoisotopic (exact) mass is 317 g/mol. The Morgan fingerprint density at radius 1 is 0.913 bits per heavy atom. The summed E-state index contributed by atoms with van der Waals surface area (Å²) in [6.07, 6.45) is -3.75. The second-order valence-corrected chi connectivity index (χ2v) is 5.15. The zero-order valence-electron chi connectivity index (χ0n) is 11.6. The summed E-state index contributed by atoms with van der Waals surface area (Å²) in [5.74, 6) is -1.21. The van der Waals surface area contributed by atoms with Crippen LogP contribution in [-0.4, -0.2) is 23.0 Å². The minimum absolute atomic E-state index is 0.121. The van der Waals surface area contributed by atoms with Gasteiger partial charge in [-0.2, -0.15) is 0 Å². The van der Waals surface area contributed by atoms with Crippen LogP contribution in [0, 0.1) is 0 Å². The number of alkyl halides is 2. The van der Waals surface area contributed by atoms with Gasteiger partial charge in [0.05, 0.1) is 17.7 Å². The summed E-state index contributed by atoms with van der Waals surface area (Å²) in [6.45, 7) is -0.172. The molecule has 0 aliphatic carbocycles. The molecule has 0 radical (unpaired) electrons. The van der Waals surface area contributed by atoms with Gasteiger partial charge in [0, 0.05) is 5.56 Å². The maximum Gasteiger partial charge on any atom is 0.586 e. The topological polar surface area (TPSA) is 55.8 Å². The highest BCUT2D eigenvalue weighted by Gasteiger charge is 2.45. The van der Waals surface area contributed by atoms with Crippen molar-refractivity contribution in [1.82, 2.24) is 4.90 Å². The number of halogens is 2. The smallest absolute Gasteiger partial charge is 0.395 e. The minimum Gasteiger partial charge on any atom is -0.395 e. The van der Waals surface area contributed by atoms with Gasteiger partial charge in [0.15, 0.2) is 11.5 Å². The van der Waals surface area contributed by atoms with Crippen LogP contribution in [0.25, 0.3) is 0 Å². The van der Waals surface area contributed by atoms with Crippen LogP contribution in [-0.2, 0) is 6.54 Å². The highest BCUT2D eigenvalue weighted by atomic mass is 19.3. The molecular weight excluding hydrogens is 308 g/mol. The number of nitrogens with zero attached hydrogens (tertiary/aromatic N) is 1. The van der Waals surface area contributed by atoms with Crippen molar-refractivity contribution in [1.29, 1.82) is 0 Å². The van der Waals surface area contributed by atoms with Crippen molar-refractivity contribution in [2.24, 2.45) is 0 Å². The molecule has 2 aliphatic heterocycles. The maximum absolute atomic E-state index is 13.2. The van der Waals surface area contributed by atoms with Crippen LogP contribution in [0.3, 0.4) is 0 Å². The third-order valence-electron chi connectivity index (χ3n) is 3.72. The van der Waals surface area contributed by atoms with Crippen LogP contribution < -0.4 is 9.47 Å². The number of rotatable bonds is 2. The van der Waals surface area contributed by atoms with Crippen LogP contribution in [0.15, 0.2) is 42.5 Å². The molecule has 0 saturated carbocycles. The third kappa shape index (κ3) is 2.04. The van der Waals surface area contributed by atoms with Gasteiger partial charge in [0.25, 0.3) is 11.8 Å². The van der Waals surface area contributed by atoms with E-state index in [0.717, 1.165) is 4.90 Å². The zero-order valence-corrected chi connectivity index (χ0v) is 11.6. The Hall–Kier alpha value is -2.96. The summed E-state index contributed by atoms with van der Waals surface area (Å²) in [7, 11) is 0. The molecule has 0 atom stereocenters. The van der Waals surface area contributed by atoms with Gasteiger partial charge in [-0.15, -0.1) is 8.78 Å². The molecule has 4 rings (SSSR count). The molecule has 7 heteroatoms. The lowest BCUT2D eigenvalue weighted by Gasteiger charge is -2.15. The Morgan fingerprint density at radius 3 is 2.22 bits per heavy atom. The number of ether oxygens (including phenoxy) is 2. The van der Waals surface area contributed by atoms with Crippen molar-refractivity contribution in [3.05, 3.63) is 59.2 Å². The molecule has 116 valence electrons. The van der Waals surface area contributed by atoms with Crippen molar-refractivity contribution >= 4 is 11.8 Å². The fourth-order valence-corrected chi connectivity index (χ4v) is 2.70. The number of hydrogen-bond donors (Lipinski definition) is 0. The van der Waals surface area contributed by atoms with Gasteiger partial charge in [0.2, 0.25) is 0 Å². The van der Waals surface area contributed by atoms with Crippen molar-refractivity contribution in [3.63, 3.8) is 0 Å². The first-order valence-electron chi connectivity index (χ1n) is 6.79. The van der Waals surface area contributed by atoms with Crippen molar-refractivity contribution < 1.29 is 27.8 Å². The van der Waals surface area contributed by atoms with Gasteiger partial charge in [-0.1, -0.05) is 24.3 Å². The van der Waals surface area contributed by atoms with E-state index in [1.807, 2.05) is 0 Å². The molecule has 0 N–H and O–H groups in total. The minimum atomic E-state index is -3.75. The Kier molecular flexibility index (Phi) is 2.69. The Morgan fingerprint density at radius 2 is 1.57 bits per heavy atom. The predicted molar refractivity (Wildman–Crippen MR) is 73.3 cm³/mol. The number of carbonyl (C=O) groups excluding carboxylic acids is 2. The number of para-hydroxylation sites is 1. The van der Waals surface area contributed by atoms with Gasteiger partial charge in [-0.3, -0.25) is 14.5 Å². The molecule has 0 aromatic heterocycles. The molecule has 2 heterocycles. The van der Waals surface area contributed by atoms with Gasteiger partial charge >= 0.3 is 6.29 Å². The Bertz CT molecular complexity index is 815. The van der Waals surface area contributed by atoms with Crippen LogP contribution in [0.1, 0.15) is 26.3 Å². The third-order valence-corrected chi connectivity index (χ3v) is 3.72. The van der Waals surface area contributed by atoms with E-state index in [9.17, 15) is 18.4 Å². The molecular formula is C16H9F2NO4. The summed E-state index contributed by atoms with van der Waals surface area (Å²) >= 11 is 0. The van der Waals surface area contributed by atoms with Crippen molar-refractivity contribution in [3.8, 4) is 11.5 Å². The van der Waals surface area contributed by atoms with E-state index < -0.39 is 18.1 Å². The standard InChI is InChI=1S/C16H9F2NO4/c17-16(18)22-12-7-3-4-9(13(12)23-16)8-19-14(20)10-5-1-2-6-11(10)15(19)21/h1-7H,8H2. The van der Waals surface area contributed by atoms with Crippen LogP contribution in [0.2, 0.25) is 0 Å². The van der Waals surface area contributed by atoms with Gasteiger partial charge in [-0.25, -0.2) is 0 Å². The molecule has 0 bridgehead atoms. The van der Waals surface area contributed by atoms with E-state index in [1.165, 1.54) is 18.2 Å². The number of fused-ring (bicyclic) bond motifs is 2. The number of hydrogen-bond acceptors (Lipinski definition) is 4. The lowest BCUT2D eigenvalue weighted by molar-refractivity contribution is -0.287. The molecule has 0 spiro atoms. The first kappa shape index (κ1) is 13.7. The second kappa shape index (κ2) is 4.52. The molecule has 23 heavy (non-hydrogen) atoms. The van der Waals surface area contributed by atoms with E-state index >= 15 is 0 Å². The van der Waals surface area contributed by atoms with Crippen LogP contribution in [0.5, 0.6) is 11.5 Å². The number of imide groups is 1. The van der Waals surface area contributed by atoms with Gasteiger partial charge < -0.3 is 9.47 Å². The zero-order chi connectivity index (χ0) is 16.2. The van der Waals surface area contributed by atoms with Gasteiger partial charge in [0.1, 0.15) is 0 Å². The lowest BCUT2D eigenvalue weighted by Crippen LogP contribution is -2.29. The van der Waals surface area contributed by atoms with E-state index in [4.69, 9.17) is 0 Å². The predicted octanol–water partition coefficient (Wildman–Crippen LogP) is 2.80. The largest absolute Gasteiger partial charge is 0.586 e. The average molecular weight is 317 g/mol. The molecule has 0 fully saturated rings.